The highest BCUT2D eigenvalue weighted by Crippen LogP contribution is 2.43. The lowest BCUT2D eigenvalue weighted by Gasteiger charge is -2.37. The summed E-state index contributed by atoms with van der Waals surface area (Å²) in [7, 11) is -3.69. The van der Waals surface area contributed by atoms with E-state index in [0.717, 1.165) is 49.2 Å². The molecule has 4 N–H and O–H groups in total. The number of rotatable bonds is 8. The molecule has 3 aromatic rings. The predicted octanol–water partition coefficient (Wildman–Crippen LogP) is 2.67. The molecular formula is C26H29N3O3S. The van der Waals surface area contributed by atoms with E-state index in [-0.39, 0.29) is 16.7 Å². The number of hydrogen-bond donors (Lipinski definition) is 2. The van der Waals surface area contributed by atoms with E-state index < -0.39 is 15.4 Å². The van der Waals surface area contributed by atoms with Gasteiger partial charge < -0.3 is 10.6 Å². The molecule has 7 heteroatoms. The van der Waals surface area contributed by atoms with Gasteiger partial charge in [0.15, 0.2) is 0 Å². The van der Waals surface area contributed by atoms with E-state index in [0.29, 0.717) is 0 Å². The van der Waals surface area contributed by atoms with E-state index in [4.69, 9.17) is 10.9 Å². The number of primary amides is 1. The molecule has 1 fully saturated rings. The highest BCUT2D eigenvalue weighted by atomic mass is 32.2. The Hall–Kier alpha value is -3.00. The first kappa shape index (κ1) is 23.2. The summed E-state index contributed by atoms with van der Waals surface area (Å²) in [5.41, 5.74) is 8.15. The van der Waals surface area contributed by atoms with Gasteiger partial charge in [-0.15, -0.1) is 0 Å². The molecule has 0 spiro atoms. The van der Waals surface area contributed by atoms with Crippen molar-refractivity contribution in [3.63, 3.8) is 0 Å². The minimum Gasteiger partial charge on any atom is -0.369 e. The van der Waals surface area contributed by atoms with Crippen molar-refractivity contribution in [2.45, 2.75) is 23.2 Å². The van der Waals surface area contributed by atoms with Gasteiger partial charge >= 0.3 is 0 Å². The molecular weight excluding hydrogens is 434 g/mol. The van der Waals surface area contributed by atoms with Crippen LogP contribution in [0, 0.1) is 5.92 Å². The Kier molecular flexibility index (Phi) is 6.65. The standard InChI is InChI=1S/C26H29N3O3S/c27-25(30)26(21-7-3-1-4-8-21,22-9-5-2-6-10-22)23-16-18-29(19-23)17-15-20-11-13-24(14-12-20)33(28,31)32/h1-14,23H,15-19H2,(H2,27,30)(H2,28,31,32). The predicted molar refractivity (Wildman–Crippen MR) is 129 cm³/mol. The SMILES string of the molecule is NC(=O)C(c1ccccc1)(c1ccccc1)C1CCN(CCc2ccc(S(N)(=O)=O)cc2)C1. The minimum absolute atomic E-state index is 0.0459. The molecule has 1 amide bonds. The van der Waals surface area contributed by atoms with Gasteiger partial charge in [0.1, 0.15) is 5.41 Å². The Morgan fingerprint density at radius 1 is 0.909 bits per heavy atom. The van der Waals surface area contributed by atoms with E-state index >= 15 is 0 Å². The number of sulfonamides is 1. The zero-order chi connectivity index (χ0) is 23.5. The lowest BCUT2D eigenvalue weighted by atomic mass is 9.64. The zero-order valence-electron chi connectivity index (χ0n) is 18.4. The lowest BCUT2D eigenvalue weighted by molar-refractivity contribution is -0.123. The van der Waals surface area contributed by atoms with Crippen LogP contribution in [0.1, 0.15) is 23.1 Å². The molecule has 0 aliphatic carbocycles. The van der Waals surface area contributed by atoms with Gasteiger partial charge in [-0.3, -0.25) is 4.79 Å². The van der Waals surface area contributed by atoms with Gasteiger partial charge in [0.25, 0.3) is 0 Å². The van der Waals surface area contributed by atoms with Crippen molar-refractivity contribution in [2.75, 3.05) is 19.6 Å². The van der Waals surface area contributed by atoms with Crippen LogP contribution in [-0.2, 0) is 26.7 Å². The second-order valence-electron chi connectivity index (χ2n) is 8.63. The fourth-order valence-electron chi connectivity index (χ4n) is 5.05. The Morgan fingerprint density at radius 2 is 1.45 bits per heavy atom. The number of primary sulfonamides is 1. The summed E-state index contributed by atoms with van der Waals surface area (Å²) < 4.78 is 22.9. The Morgan fingerprint density at radius 3 is 1.94 bits per heavy atom. The highest BCUT2D eigenvalue weighted by molar-refractivity contribution is 7.89. The van der Waals surface area contributed by atoms with Gasteiger partial charge in [0.2, 0.25) is 15.9 Å². The van der Waals surface area contributed by atoms with Crippen molar-refractivity contribution in [3.05, 3.63) is 102 Å². The molecule has 3 aromatic carbocycles. The van der Waals surface area contributed by atoms with Crippen LogP contribution >= 0.6 is 0 Å². The Bertz CT molecular complexity index is 1160. The summed E-state index contributed by atoms with van der Waals surface area (Å²) in [5.74, 6) is -0.283. The third kappa shape index (κ3) is 4.71. The zero-order valence-corrected chi connectivity index (χ0v) is 19.2. The molecule has 4 rings (SSSR count). The highest BCUT2D eigenvalue weighted by Gasteiger charge is 2.49. The monoisotopic (exact) mass is 463 g/mol. The molecule has 6 nitrogen and oxygen atoms in total. The van der Waals surface area contributed by atoms with Crippen LogP contribution in [0.3, 0.4) is 0 Å². The Labute approximate surface area is 195 Å². The maximum Gasteiger partial charge on any atom is 0.238 e. The summed E-state index contributed by atoms with van der Waals surface area (Å²) in [6, 6.07) is 26.4. The smallest absolute Gasteiger partial charge is 0.238 e. The number of carbonyl (C=O) groups is 1. The molecule has 0 radical (unpaired) electrons. The van der Waals surface area contributed by atoms with Crippen molar-refractivity contribution in [1.29, 1.82) is 0 Å². The number of benzene rings is 3. The van der Waals surface area contributed by atoms with Crippen LogP contribution < -0.4 is 10.9 Å². The van der Waals surface area contributed by atoms with E-state index in [1.807, 2.05) is 60.7 Å². The first-order valence-electron chi connectivity index (χ1n) is 11.1. The maximum atomic E-state index is 13.2. The van der Waals surface area contributed by atoms with Gasteiger partial charge in [-0.25, -0.2) is 13.6 Å². The molecule has 0 aromatic heterocycles. The van der Waals surface area contributed by atoms with Gasteiger partial charge in [-0.2, -0.15) is 0 Å². The van der Waals surface area contributed by atoms with Crippen molar-refractivity contribution >= 4 is 15.9 Å². The van der Waals surface area contributed by atoms with Crippen LogP contribution in [0.5, 0.6) is 0 Å². The molecule has 1 heterocycles. The van der Waals surface area contributed by atoms with Crippen molar-refractivity contribution in [2.24, 2.45) is 16.8 Å². The van der Waals surface area contributed by atoms with Crippen LogP contribution in [0.25, 0.3) is 0 Å². The van der Waals surface area contributed by atoms with Crippen LogP contribution in [0.15, 0.2) is 89.8 Å². The van der Waals surface area contributed by atoms with Crippen LogP contribution in [0.4, 0.5) is 0 Å². The first-order chi connectivity index (χ1) is 15.8. The fraction of sp³-hybridized carbons (Fsp3) is 0.269. The molecule has 1 aliphatic rings. The molecule has 1 unspecified atom stereocenters. The quantitative estimate of drug-likeness (QED) is 0.536. The number of likely N-dealkylation sites (tertiary alicyclic amines) is 1. The average molecular weight is 464 g/mol. The summed E-state index contributed by atoms with van der Waals surface area (Å²) in [6.07, 6.45) is 1.63. The number of nitrogens with zero attached hydrogens (tertiary/aromatic N) is 1. The van der Waals surface area contributed by atoms with E-state index in [1.165, 1.54) is 0 Å². The van der Waals surface area contributed by atoms with Gasteiger partial charge in [-0.05, 0) is 54.1 Å². The van der Waals surface area contributed by atoms with Crippen molar-refractivity contribution in [3.8, 4) is 0 Å². The molecule has 33 heavy (non-hydrogen) atoms. The number of amides is 1. The maximum absolute atomic E-state index is 13.2. The third-order valence-electron chi connectivity index (χ3n) is 6.70. The van der Waals surface area contributed by atoms with Crippen LogP contribution in [-0.4, -0.2) is 38.9 Å². The van der Waals surface area contributed by atoms with Crippen LogP contribution in [0.2, 0.25) is 0 Å². The van der Waals surface area contributed by atoms with Gasteiger partial charge in [-0.1, -0.05) is 72.8 Å². The van der Waals surface area contributed by atoms with E-state index in [9.17, 15) is 13.2 Å². The van der Waals surface area contributed by atoms with Gasteiger partial charge in [0, 0.05) is 13.1 Å². The van der Waals surface area contributed by atoms with Crippen molar-refractivity contribution < 1.29 is 13.2 Å². The molecule has 0 bridgehead atoms. The third-order valence-corrected chi connectivity index (χ3v) is 7.63. The molecule has 0 saturated carbocycles. The molecule has 1 atom stereocenters. The van der Waals surface area contributed by atoms with E-state index in [1.54, 1.807) is 24.3 Å². The lowest BCUT2D eigenvalue weighted by Crippen LogP contribution is -2.49. The fourth-order valence-corrected chi connectivity index (χ4v) is 5.56. The minimum atomic E-state index is -3.69. The van der Waals surface area contributed by atoms with Crippen molar-refractivity contribution in [1.82, 2.24) is 4.90 Å². The number of hydrogen-bond acceptors (Lipinski definition) is 4. The summed E-state index contributed by atoms with van der Waals surface area (Å²) in [6.45, 7) is 2.43. The number of nitrogens with two attached hydrogens (primary N) is 2. The Balaban J connectivity index is 1.55. The normalized spacial score (nSPS) is 17.2. The summed E-state index contributed by atoms with van der Waals surface area (Å²) in [5, 5.41) is 5.18. The average Bonchev–Trinajstić information content (AvgIpc) is 3.28. The largest absolute Gasteiger partial charge is 0.369 e. The van der Waals surface area contributed by atoms with E-state index in [2.05, 4.69) is 4.90 Å². The summed E-state index contributed by atoms with van der Waals surface area (Å²) in [4.78, 5) is 15.6. The molecule has 1 aliphatic heterocycles. The second kappa shape index (κ2) is 9.47. The molecule has 1 saturated heterocycles. The topological polar surface area (TPSA) is 106 Å². The first-order valence-corrected chi connectivity index (χ1v) is 12.6. The second-order valence-corrected chi connectivity index (χ2v) is 10.2. The number of carbonyl (C=O) groups excluding carboxylic acids is 1. The molecule has 172 valence electrons. The van der Waals surface area contributed by atoms with Gasteiger partial charge in [0.05, 0.1) is 4.90 Å². The summed E-state index contributed by atoms with van der Waals surface area (Å²) >= 11 is 0.